The monoisotopic (exact) mass is 207 g/mol. The van der Waals surface area contributed by atoms with E-state index in [1.165, 1.54) is 12.8 Å². The van der Waals surface area contributed by atoms with E-state index >= 15 is 0 Å². The molecular formula is C10H17N5. The number of hydrogen-bond donors (Lipinski definition) is 2. The highest BCUT2D eigenvalue weighted by Gasteiger charge is 2.21. The second kappa shape index (κ2) is 4.33. The van der Waals surface area contributed by atoms with Crippen molar-refractivity contribution in [3.8, 4) is 0 Å². The van der Waals surface area contributed by atoms with E-state index in [9.17, 15) is 0 Å². The number of guanidine groups is 1. The smallest absolute Gasteiger partial charge is 0.188 e. The first kappa shape index (κ1) is 10.0. The van der Waals surface area contributed by atoms with E-state index in [0.29, 0.717) is 18.5 Å². The third-order valence-corrected chi connectivity index (χ3v) is 2.35. The first-order chi connectivity index (χ1) is 7.24. The summed E-state index contributed by atoms with van der Waals surface area (Å²) in [6.07, 6.45) is 5.21. The van der Waals surface area contributed by atoms with Crippen molar-refractivity contribution in [2.75, 3.05) is 6.54 Å². The minimum Gasteiger partial charge on any atom is -0.370 e. The number of nitrogens with one attached hydrogen (secondary N) is 1. The predicted molar refractivity (Wildman–Crippen MR) is 59.6 cm³/mol. The van der Waals surface area contributed by atoms with Crippen LogP contribution in [0.5, 0.6) is 0 Å². The quantitative estimate of drug-likeness (QED) is 0.540. The molecule has 0 saturated heterocycles. The van der Waals surface area contributed by atoms with Crippen LogP contribution in [0.4, 0.5) is 0 Å². The molecule has 0 aromatic carbocycles. The fraction of sp³-hybridized carbons (Fsp3) is 0.600. The summed E-state index contributed by atoms with van der Waals surface area (Å²) in [7, 11) is 1.91. The lowest BCUT2D eigenvalue weighted by atomic mass is 10.3. The summed E-state index contributed by atoms with van der Waals surface area (Å²) >= 11 is 0. The standard InChI is InChI=1S/C10H17N5/c1-15-7-5-9(14-15)4-6-12-10(11)13-8-2-3-8/h5,7-8H,2-4,6H2,1H3,(H3,11,12,13). The van der Waals surface area contributed by atoms with Crippen LogP contribution in [0, 0.1) is 0 Å². The highest BCUT2D eigenvalue weighted by atomic mass is 15.2. The molecule has 0 bridgehead atoms. The SMILES string of the molecule is Cn1ccc(CCN=C(N)NC2CC2)n1. The molecule has 1 aromatic heterocycles. The molecule has 0 radical (unpaired) electrons. The van der Waals surface area contributed by atoms with Gasteiger partial charge in [-0.05, 0) is 18.9 Å². The van der Waals surface area contributed by atoms with E-state index in [0.717, 1.165) is 12.1 Å². The molecule has 1 aliphatic carbocycles. The van der Waals surface area contributed by atoms with Gasteiger partial charge in [0, 0.05) is 32.3 Å². The maximum Gasteiger partial charge on any atom is 0.188 e. The van der Waals surface area contributed by atoms with Gasteiger partial charge in [-0.25, -0.2) is 0 Å². The second-order valence-corrected chi connectivity index (χ2v) is 3.92. The summed E-state index contributed by atoms with van der Waals surface area (Å²) in [4.78, 5) is 4.24. The number of hydrogen-bond acceptors (Lipinski definition) is 2. The molecule has 0 unspecified atom stereocenters. The molecule has 1 heterocycles. The van der Waals surface area contributed by atoms with Crippen LogP contribution in [-0.2, 0) is 13.5 Å². The highest BCUT2D eigenvalue weighted by Crippen LogP contribution is 2.17. The van der Waals surface area contributed by atoms with Crippen molar-refractivity contribution in [2.45, 2.75) is 25.3 Å². The topological polar surface area (TPSA) is 68.2 Å². The number of aromatic nitrogens is 2. The Kier molecular flexibility index (Phi) is 2.89. The van der Waals surface area contributed by atoms with Crippen molar-refractivity contribution >= 4 is 5.96 Å². The molecule has 0 spiro atoms. The number of rotatable bonds is 4. The van der Waals surface area contributed by atoms with Gasteiger partial charge >= 0.3 is 0 Å². The average molecular weight is 207 g/mol. The molecular weight excluding hydrogens is 190 g/mol. The van der Waals surface area contributed by atoms with Crippen molar-refractivity contribution < 1.29 is 0 Å². The van der Waals surface area contributed by atoms with Crippen molar-refractivity contribution in [2.24, 2.45) is 17.8 Å². The molecule has 82 valence electrons. The molecule has 5 heteroatoms. The minimum atomic E-state index is 0.563. The molecule has 1 aromatic rings. The lowest BCUT2D eigenvalue weighted by Crippen LogP contribution is -2.33. The first-order valence-electron chi connectivity index (χ1n) is 5.29. The Balaban J connectivity index is 1.72. The summed E-state index contributed by atoms with van der Waals surface area (Å²) in [5.74, 6) is 0.563. The number of aliphatic imine (C=N–C) groups is 1. The van der Waals surface area contributed by atoms with Crippen LogP contribution in [0.2, 0.25) is 0 Å². The summed E-state index contributed by atoms with van der Waals surface area (Å²) in [6, 6.07) is 2.57. The molecule has 0 atom stereocenters. The van der Waals surface area contributed by atoms with Gasteiger partial charge in [0.1, 0.15) is 0 Å². The van der Waals surface area contributed by atoms with Crippen LogP contribution in [0.1, 0.15) is 18.5 Å². The average Bonchev–Trinajstić information content (AvgIpc) is 2.89. The van der Waals surface area contributed by atoms with Crippen LogP contribution in [0.25, 0.3) is 0 Å². The van der Waals surface area contributed by atoms with Crippen LogP contribution >= 0.6 is 0 Å². The molecule has 1 fully saturated rings. The number of nitrogens with two attached hydrogens (primary N) is 1. The predicted octanol–water partition coefficient (Wildman–Crippen LogP) is 0.0293. The van der Waals surface area contributed by atoms with Crippen LogP contribution in [0.15, 0.2) is 17.3 Å². The fourth-order valence-corrected chi connectivity index (χ4v) is 1.37. The third-order valence-electron chi connectivity index (χ3n) is 2.35. The van der Waals surface area contributed by atoms with Gasteiger partial charge in [0.05, 0.1) is 5.69 Å². The van der Waals surface area contributed by atoms with E-state index < -0.39 is 0 Å². The van der Waals surface area contributed by atoms with Crippen molar-refractivity contribution in [1.82, 2.24) is 15.1 Å². The summed E-state index contributed by atoms with van der Waals surface area (Å²) in [5, 5.41) is 7.41. The van der Waals surface area contributed by atoms with Gasteiger partial charge in [-0.15, -0.1) is 0 Å². The van der Waals surface area contributed by atoms with Crippen LogP contribution in [-0.4, -0.2) is 28.3 Å². The van der Waals surface area contributed by atoms with Crippen molar-refractivity contribution in [3.63, 3.8) is 0 Å². The Bertz CT molecular complexity index is 350. The normalized spacial score (nSPS) is 16.7. The summed E-state index contributed by atoms with van der Waals surface area (Å²) in [6.45, 7) is 0.697. The van der Waals surface area contributed by atoms with E-state index in [2.05, 4.69) is 15.4 Å². The number of nitrogens with zero attached hydrogens (tertiary/aromatic N) is 3. The molecule has 2 rings (SSSR count). The molecule has 5 nitrogen and oxygen atoms in total. The molecule has 1 aliphatic rings. The Morgan fingerprint density at radius 3 is 3.13 bits per heavy atom. The van der Waals surface area contributed by atoms with E-state index in [-0.39, 0.29) is 0 Å². The van der Waals surface area contributed by atoms with E-state index in [1.807, 2.05) is 19.3 Å². The zero-order chi connectivity index (χ0) is 10.7. The Hall–Kier alpha value is -1.52. The Labute approximate surface area is 89.4 Å². The largest absolute Gasteiger partial charge is 0.370 e. The third kappa shape index (κ3) is 3.27. The summed E-state index contributed by atoms with van der Waals surface area (Å²) in [5.41, 5.74) is 6.75. The molecule has 1 saturated carbocycles. The van der Waals surface area contributed by atoms with Gasteiger partial charge < -0.3 is 11.1 Å². The second-order valence-electron chi connectivity index (χ2n) is 3.92. The van der Waals surface area contributed by atoms with E-state index in [4.69, 9.17) is 5.73 Å². The van der Waals surface area contributed by atoms with Gasteiger partial charge in [-0.1, -0.05) is 0 Å². The highest BCUT2D eigenvalue weighted by molar-refractivity contribution is 5.78. The lowest BCUT2D eigenvalue weighted by molar-refractivity contribution is 0.738. The van der Waals surface area contributed by atoms with Gasteiger partial charge in [0.2, 0.25) is 0 Å². The maximum atomic E-state index is 5.70. The van der Waals surface area contributed by atoms with Gasteiger partial charge in [-0.3, -0.25) is 9.67 Å². The van der Waals surface area contributed by atoms with Crippen molar-refractivity contribution in [3.05, 3.63) is 18.0 Å². The van der Waals surface area contributed by atoms with Crippen LogP contribution < -0.4 is 11.1 Å². The van der Waals surface area contributed by atoms with E-state index in [1.54, 1.807) is 4.68 Å². The molecule has 0 amide bonds. The lowest BCUT2D eigenvalue weighted by Gasteiger charge is -2.01. The van der Waals surface area contributed by atoms with Crippen LogP contribution in [0.3, 0.4) is 0 Å². The zero-order valence-corrected chi connectivity index (χ0v) is 8.98. The fourth-order valence-electron chi connectivity index (χ4n) is 1.37. The first-order valence-corrected chi connectivity index (χ1v) is 5.29. The van der Waals surface area contributed by atoms with Gasteiger partial charge in [0.25, 0.3) is 0 Å². The molecule has 0 aliphatic heterocycles. The molecule has 15 heavy (non-hydrogen) atoms. The maximum absolute atomic E-state index is 5.70. The van der Waals surface area contributed by atoms with Gasteiger partial charge in [-0.2, -0.15) is 5.10 Å². The molecule has 3 N–H and O–H groups in total. The number of aryl methyl sites for hydroxylation is 1. The Morgan fingerprint density at radius 2 is 2.53 bits per heavy atom. The van der Waals surface area contributed by atoms with Crippen molar-refractivity contribution in [1.29, 1.82) is 0 Å². The Morgan fingerprint density at radius 1 is 1.73 bits per heavy atom. The summed E-state index contributed by atoms with van der Waals surface area (Å²) < 4.78 is 1.80. The minimum absolute atomic E-state index is 0.563. The van der Waals surface area contributed by atoms with Gasteiger partial charge in [0.15, 0.2) is 5.96 Å². The zero-order valence-electron chi connectivity index (χ0n) is 8.98.